The summed E-state index contributed by atoms with van der Waals surface area (Å²) >= 11 is 0. The molecule has 1 amide bonds. The number of nitrogens with two attached hydrogens (primary N) is 1. The van der Waals surface area contributed by atoms with Crippen LogP contribution >= 0.6 is 0 Å². The maximum Gasteiger partial charge on any atom is 0.226 e. The van der Waals surface area contributed by atoms with Gasteiger partial charge in [-0.3, -0.25) is 4.79 Å². The number of benzene rings is 1. The number of ether oxygens (including phenoxy) is 2. The van der Waals surface area contributed by atoms with Gasteiger partial charge in [0, 0.05) is 12.1 Å². The number of hydrogen-bond donors (Lipinski definition) is 2. The van der Waals surface area contributed by atoms with Gasteiger partial charge < -0.3 is 20.5 Å². The van der Waals surface area contributed by atoms with Gasteiger partial charge in [-0.1, -0.05) is 0 Å². The summed E-state index contributed by atoms with van der Waals surface area (Å²) in [7, 11) is 1.60. The summed E-state index contributed by atoms with van der Waals surface area (Å²) in [6, 6.07) is 7.16. The van der Waals surface area contributed by atoms with E-state index >= 15 is 0 Å². The first kappa shape index (κ1) is 11.9. The number of rotatable bonds is 4. The number of methoxy groups -OCH3 is 1. The monoisotopic (exact) mass is 236 g/mol. The quantitative estimate of drug-likeness (QED) is 0.809. The molecule has 0 saturated carbocycles. The average molecular weight is 236 g/mol. The van der Waals surface area contributed by atoms with Crippen molar-refractivity contribution in [2.75, 3.05) is 25.6 Å². The Morgan fingerprint density at radius 3 is 2.59 bits per heavy atom. The topological polar surface area (TPSA) is 73.6 Å². The first-order valence-corrected chi connectivity index (χ1v) is 5.42. The molecule has 0 atom stereocenters. The van der Waals surface area contributed by atoms with E-state index in [1.807, 2.05) is 0 Å². The number of hydrogen-bond acceptors (Lipinski definition) is 4. The van der Waals surface area contributed by atoms with Crippen molar-refractivity contribution in [2.24, 2.45) is 5.73 Å². The van der Waals surface area contributed by atoms with Crippen molar-refractivity contribution in [1.82, 2.24) is 0 Å². The van der Waals surface area contributed by atoms with Gasteiger partial charge in [0.05, 0.1) is 25.9 Å². The highest BCUT2D eigenvalue weighted by Crippen LogP contribution is 2.19. The molecule has 1 heterocycles. The van der Waals surface area contributed by atoms with Crippen LogP contribution in [0.15, 0.2) is 24.3 Å². The van der Waals surface area contributed by atoms with Crippen LogP contribution in [0.1, 0.15) is 6.42 Å². The lowest BCUT2D eigenvalue weighted by molar-refractivity contribution is -0.123. The van der Waals surface area contributed by atoms with Crippen molar-refractivity contribution in [2.45, 2.75) is 12.0 Å². The smallest absolute Gasteiger partial charge is 0.226 e. The summed E-state index contributed by atoms with van der Waals surface area (Å²) in [5.74, 6) is 0.659. The first-order chi connectivity index (χ1) is 8.11. The van der Waals surface area contributed by atoms with Crippen molar-refractivity contribution in [1.29, 1.82) is 0 Å². The summed E-state index contributed by atoms with van der Waals surface area (Å²) in [5, 5.41) is 2.79. The Morgan fingerprint density at radius 1 is 1.47 bits per heavy atom. The highest BCUT2D eigenvalue weighted by molar-refractivity contribution is 5.91. The molecule has 92 valence electrons. The number of anilines is 1. The minimum atomic E-state index is -0.490. The van der Waals surface area contributed by atoms with Crippen LogP contribution in [-0.2, 0) is 9.53 Å². The molecule has 0 radical (unpaired) electrons. The van der Waals surface area contributed by atoms with Gasteiger partial charge in [0.1, 0.15) is 5.75 Å². The lowest BCUT2D eigenvalue weighted by Crippen LogP contribution is -2.58. The van der Waals surface area contributed by atoms with E-state index in [1.165, 1.54) is 0 Å². The van der Waals surface area contributed by atoms with Gasteiger partial charge in [-0.25, -0.2) is 0 Å². The Hall–Kier alpha value is -1.59. The molecule has 5 heteroatoms. The molecule has 1 saturated heterocycles. The zero-order valence-corrected chi connectivity index (χ0v) is 9.73. The second-order valence-corrected chi connectivity index (χ2v) is 4.31. The molecule has 0 unspecified atom stereocenters. The lowest BCUT2D eigenvalue weighted by atomic mass is 9.94. The van der Waals surface area contributed by atoms with E-state index in [1.54, 1.807) is 31.4 Å². The molecule has 0 spiro atoms. The zero-order chi connectivity index (χ0) is 12.3. The Kier molecular flexibility index (Phi) is 3.31. The summed E-state index contributed by atoms with van der Waals surface area (Å²) in [5.41, 5.74) is 6.14. The van der Waals surface area contributed by atoms with Crippen molar-refractivity contribution in [3.8, 4) is 5.75 Å². The van der Waals surface area contributed by atoms with E-state index in [2.05, 4.69) is 5.32 Å². The molecule has 17 heavy (non-hydrogen) atoms. The Balaban J connectivity index is 1.89. The maximum absolute atomic E-state index is 11.7. The number of carbonyl (C=O) groups is 1. The number of carbonyl (C=O) groups excluding carboxylic acids is 1. The summed E-state index contributed by atoms with van der Waals surface area (Å²) in [4.78, 5) is 11.7. The predicted molar refractivity (Wildman–Crippen MR) is 64.0 cm³/mol. The Labute approximate surface area is 99.9 Å². The van der Waals surface area contributed by atoms with Gasteiger partial charge in [0.25, 0.3) is 0 Å². The van der Waals surface area contributed by atoms with Crippen molar-refractivity contribution >= 4 is 11.6 Å². The highest BCUT2D eigenvalue weighted by Gasteiger charge is 2.36. The largest absolute Gasteiger partial charge is 0.497 e. The molecule has 1 fully saturated rings. The second kappa shape index (κ2) is 4.73. The molecule has 1 aromatic carbocycles. The van der Waals surface area contributed by atoms with Crippen LogP contribution in [0.5, 0.6) is 5.75 Å². The molecule has 3 N–H and O–H groups in total. The molecule has 1 aromatic rings. The molecular weight excluding hydrogens is 220 g/mol. The first-order valence-electron chi connectivity index (χ1n) is 5.42. The van der Waals surface area contributed by atoms with Gasteiger partial charge in [-0.15, -0.1) is 0 Å². The van der Waals surface area contributed by atoms with E-state index in [4.69, 9.17) is 15.2 Å². The van der Waals surface area contributed by atoms with Gasteiger partial charge in [-0.05, 0) is 24.3 Å². The van der Waals surface area contributed by atoms with Crippen LogP contribution in [0.4, 0.5) is 5.69 Å². The van der Waals surface area contributed by atoms with Gasteiger partial charge >= 0.3 is 0 Å². The number of amides is 1. The second-order valence-electron chi connectivity index (χ2n) is 4.31. The van der Waals surface area contributed by atoms with Gasteiger partial charge in [0.2, 0.25) is 5.91 Å². The molecule has 0 aromatic heterocycles. The SMILES string of the molecule is COc1ccc(NC(=O)CC2(N)COC2)cc1. The predicted octanol–water partition coefficient (Wildman–Crippen LogP) is 0.751. The summed E-state index contributed by atoms with van der Waals surface area (Å²) in [6.07, 6.45) is 0.277. The fourth-order valence-electron chi connectivity index (χ4n) is 1.67. The van der Waals surface area contributed by atoms with Crippen LogP contribution in [0, 0.1) is 0 Å². The molecule has 1 aliphatic rings. The summed E-state index contributed by atoms with van der Waals surface area (Å²) in [6.45, 7) is 0.895. The van der Waals surface area contributed by atoms with Gasteiger partial charge in [0.15, 0.2) is 0 Å². The lowest BCUT2D eigenvalue weighted by Gasteiger charge is -2.37. The fourth-order valence-corrected chi connectivity index (χ4v) is 1.67. The van der Waals surface area contributed by atoms with E-state index in [0.717, 1.165) is 11.4 Å². The molecule has 5 nitrogen and oxygen atoms in total. The summed E-state index contributed by atoms with van der Waals surface area (Å²) < 4.78 is 10.0. The molecular formula is C12H16N2O3. The third-order valence-corrected chi connectivity index (χ3v) is 2.67. The van der Waals surface area contributed by atoms with Crippen LogP contribution in [0.2, 0.25) is 0 Å². The minimum Gasteiger partial charge on any atom is -0.497 e. The fraction of sp³-hybridized carbons (Fsp3) is 0.417. The van der Waals surface area contributed by atoms with E-state index < -0.39 is 5.54 Å². The standard InChI is InChI=1S/C12H16N2O3/c1-16-10-4-2-9(3-5-10)14-11(15)6-12(13)7-17-8-12/h2-5H,6-8,13H2,1H3,(H,14,15). The minimum absolute atomic E-state index is 0.0963. The molecule has 1 aliphatic heterocycles. The van der Waals surface area contributed by atoms with Crippen molar-refractivity contribution < 1.29 is 14.3 Å². The Morgan fingerprint density at radius 2 is 2.12 bits per heavy atom. The third kappa shape index (κ3) is 2.95. The normalized spacial score (nSPS) is 17.1. The van der Waals surface area contributed by atoms with Gasteiger partial charge in [-0.2, -0.15) is 0 Å². The maximum atomic E-state index is 11.7. The third-order valence-electron chi connectivity index (χ3n) is 2.67. The Bertz CT molecular complexity index is 399. The van der Waals surface area contributed by atoms with E-state index in [-0.39, 0.29) is 12.3 Å². The zero-order valence-electron chi connectivity index (χ0n) is 9.73. The van der Waals surface area contributed by atoms with E-state index in [0.29, 0.717) is 13.2 Å². The van der Waals surface area contributed by atoms with Crippen molar-refractivity contribution in [3.05, 3.63) is 24.3 Å². The van der Waals surface area contributed by atoms with Crippen LogP contribution in [-0.4, -0.2) is 31.8 Å². The van der Waals surface area contributed by atoms with Crippen LogP contribution < -0.4 is 15.8 Å². The molecule has 0 bridgehead atoms. The van der Waals surface area contributed by atoms with E-state index in [9.17, 15) is 4.79 Å². The highest BCUT2D eigenvalue weighted by atomic mass is 16.5. The average Bonchev–Trinajstić information content (AvgIpc) is 2.28. The van der Waals surface area contributed by atoms with Crippen LogP contribution in [0.3, 0.4) is 0 Å². The molecule has 2 rings (SSSR count). The van der Waals surface area contributed by atoms with Crippen molar-refractivity contribution in [3.63, 3.8) is 0 Å². The van der Waals surface area contributed by atoms with Crippen LogP contribution in [0.25, 0.3) is 0 Å². The molecule has 0 aliphatic carbocycles. The number of nitrogens with one attached hydrogen (secondary N) is 1.